The van der Waals surface area contributed by atoms with Crippen LogP contribution >= 0.6 is 0 Å². The predicted molar refractivity (Wildman–Crippen MR) is 76.6 cm³/mol. The maximum atomic E-state index is 12.1. The maximum Gasteiger partial charge on any atom is 0.269 e. The second-order valence-electron chi connectivity index (χ2n) is 4.28. The molecule has 2 aromatic rings. The molecule has 1 amide bonds. The van der Waals surface area contributed by atoms with Crippen LogP contribution in [0.3, 0.4) is 0 Å². The number of nitro groups is 1. The summed E-state index contributed by atoms with van der Waals surface area (Å²) >= 11 is 0. The number of anilines is 2. The zero-order valence-electron chi connectivity index (χ0n) is 10.8. The van der Waals surface area contributed by atoms with Gasteiger partial charge in [0.25, 0.3) is 11.6 Å². The number of nitrogens with one attached hydrogen (secondary N) is 1. The first-order valence-corrected chi connectivity index (χ1v) is 5.90. The minimum Gasteiger partial charge on any atom is -0.398 e. The van der Waals surface area contributed by atoms with E-state index in [2.05, 4.69) is 5.32 Å². The average molecular weight is 271 g/mol. The smallest absolute Gasteiger partial charge is 0.269 e. The molecule has 0 radical (unpaired) electrons. The molecule has 2 rings (SSSR count). The van der Waals surface area contributed by atoms with Crippen molar-refractivity contribution in [1.82, 2.24) is 0 Å². The molecular weight excluding hydrogens is 258 g/mol. The fourth-order valence-corrected chi connectivity index (χ4v) is 1.76. The Bertz CT molecular complexity index is 666. The van der Waals surface area contributed by atoms with E-state index in [1.165, 1.54) is 24.3 Å². The van der Waals surface area contributed by atoms with Crippen molar-refractivity contribution < 1.29 is 9.72 Å². The maximum absolute atomic E-state index is 12.1. The van der Waals surface area contributed by atoms with Crippen LogP contribution in [0.1, 0.15) is 15.9 Å². The molecule has 2 aromatic carbocycles. The standard InChI is InChI=1S/C14H13N3O3/c1-9-12(3-2-4-13(9)15)14(18)16-10-5-7-11(8-6-10)17(19)20/h2-8H,15H2,1H3,(H,16,18). The number of carbonyl (C=O) groups excluding carboxylic acids is 1. The number of benzene rings is 2. The Labute approximate surface area is 115 Å². The van der Waals surface area contributed by atoms with E-state index in [-0.39, 0.29) is 11.6 Å². The number of nitrogens with two attached hydrogens (primary N) is 1. The number of carbonyl (C=O) groups is 1. The summed E-state index contributed by atoms with van der Waals surface area (Å²) in [6.07, 6.45) is 0. The van der Waals surface area contributed by atoms with Crippen molar-refractivity contribution in [2.75, 3.05) is 11.1 Å². The van der Waals surface area contributed by atoms with Crippen LogP contribution in [0.4, 0.5) is 17.1 Å². The molecule has 0 unspecified atom stereocenters. The van der Waals surface area contributed by atoms with E-state index < -0.39 is 4.92 Å². The highest BCUT2D eigenvalue weighted by Gasteiger charge is 2.11. The monoisotopic (exact) mass is 271 g/mol. The molecule has 3 N–H and O–H groups in total. The van der Waals surface area contributed by atoms with Crippen LogP contribution in [0.25, 0.3) is 0 Å². The van der Waals surface area contributed by atoms with Gasteiger partial charge in [-0.3, -0.25) is 14.9 Å². The summed E-state index contributed by atoms with van der Waals surface area (Å²) in [6, 6.07) is 10.7. The average Bonchev–Trinajstić information content (AvgIpc) is 2.42. The van der Waals surface area contributed by atoms with Crippen molar-refractivity contribution in [3.63, 3.8) is 0 Å². The van der Waals surface area contributed by atoms with Crippen molar-refractivity contribution in [1.29, 1.82) is 0 Å². The first-order valence-electron chi connectivity index (χ1n) is 5.90. The number of nitro benzene ring substituents is 1. The highest BCUT2D eigenvalue weighted by atomic mass is 16.6. The van der Waals surface area contributed by atoms with E-state index in [0.29, 0.717) is 22.5 Å². The Balaban J connectivity index is 2.19. The fraction of sp³-hybridized carbons (Fsp3) is 0.0714. The third kappa shape index (κ3) is 2.74. The molecule has 20 heavy (non-hydrogen) atoms. The molecule has 0 atom stereocenters. The molecule has 0 saturated carbocycles. The van der Waals surface area contributed by atoms with Crippen LogP contribution in [0.15, 0.2) is 42.5 Å². The first kappa shape index (κ1) is 13.5. The third-order valence-corrected chi connectivity index (χ3v) is 2.96. The summed E-state index contributed by atoms with van der Waals surface area (Å²) in [5.41, 5.74) is 7.93. The van der Waals surface area contributed by atoms with Crippen LogP contribution in [0, 0.1) is 17.0 Å². The Morgan fingerprint density at radius 1 is 1.20 bits per heavy atom. The number of nitrogens with zero attached hydrogens (tertiary/aromatic N) is 1. The number of rotatable bonds is 3. The van der Waals surface area contributed by atoms with Crippen molar-refractivity contribution >= 4 is 23.0 Å². The number of nitrogen functional groups attached to an aromatic ring is 1. The minimum atomic E-state index is -0.492. The molecule has 102 valence electrons. The lowest BCUT2D eigenvalue weighted by Gasteiger charge is -2.09. The van der Waals surface area contributed by atoms with E-state index >= 15 is 0 Å². The van der Waals surface area contributed by atoms with Gasteiger partial charge in [0.1, 0.15) is 0 Å². The van der Waals surface area contributed by atoms with Gasteiger partial charge in [0.05, 0.1) is 4.92 Å². The van der Waals surface area contributed by atoms with Crippen LogP contribution in [-0.2, 0) is 0 Å². The van der Waals surface area contributed by atoms with Crippen LogP contribution < -0.4 is 11.1 Å². The minimum absolute atomic E-state index is 0.0249. The summed E-state index contributed by atoms with van der Waals surface area (Å²) in [5, 5.41) is 13.2. The molecule has 0 aliphatic heterocycles. The molecule has 6 heteroatoms. The summed E-state index contributed by atoms with van der Waals surface area (Å²) in [5.74, 6) is -0.302. The van der Waals surface area contributed by atoms with Gasteiger partial charge in [-0.05, 0) is 36.8 Å². The van der Waals surface area contributed by atoms with Crippen LogP contribution in [0.2, 0.25) is 0 Å². The first-order chi connectivity index (χ1) is 9.49. The lowest BCUT2D eigenvalue weighted by molar-refractivity contribution is -0.384. The van der Waals surface area contributed by atoms with Gasteiger partial charge in [0, 0.05) is 29.1 Å². The summed E-state index contributed by atoms with van der Waals surface area (Å²) < 4.78 is 0. The molecular formula is C14H13N3O3. The van der Waals surface area contributed by atoms with Crippen molar-refractivity contribution in [2.24, 2.45) is 0 Å². The van der Waals surface area contributed by atoms with Crippen LogP contribution in [0.5, 0.6) is 0 Å². The quantitative estimate of drug-likeness (QED) is 0.509. The van der Waals surface area contributed by atoms with E-state index in [9.17, 15) is 14.9 Å². The second kappa shape index (κ2) is 5.40. The Morgan fingerprint density at radius 2 is 1.85 bits per heavy atom. The van der Waals surface area contributed by atoms with Crippen LogP contribution in [-0.4, -0.2) is 10.8 Å². The Kier molecular flexibility index (Phi) is 3.65. The normalized spacial score (nSPS) is 10.1. The molecule has 0 saturated heterocycles. The SMILES string of the molecule is Cc1c(N)cccc1C(=O)Nc1ccc([N+](=O)[O-])cc1. The fourth-order valence-electron chi connectivity index (χ4n) is 1.76. The topological polar surface area (TPSA) is 98.3 Å². The van der Waals surface area contributed by atoms with E-state index in [4.69, 9.17) is 5.73 Å². The molecule has 6 nitrogen and oxygen atoms in total. The summed E-state index contributed by atoms with van der Waals surface area (Å²) in [6.45, 7) is 1.76. The molecule has 0 spiro atoms. The summed E-state index contributed by atoms with van der Waals surface area (Å²) in [4.78, 5) is 22.2. The van der Waals surface area contributed by atoms with Crippen molar-refractivity contribution in [3.8, 4) is 0 Å². The Morgan fingerprint density at radius 3 is 2.45 bits per heavy atom. The molecule has 0 bridgehead atoms. The zero-order chi connectivity index (χ0) is 14.7. The third-order valence-electron chi connectivity index (χ3n) is 2.96. The zero-order valence-corrected chi connectivity index (χ0v) is 10.8. The lowest BCUT2D eigenvalue weighted by atomic mass is 10.1. The predicted octanol–water partition coefficient (Wildman–Crippen LogP) is 2.74. The van der Waals surface area contributed by atoms with E-state index in [1.54, 1.807) is 25.1 Å². The van der Waals surface area contributed by atoms with Gasteiger partial charge in [0.2, 0.25) is 0 Å². The van der Waals surface area contributed by atoms with E-state index in [0.717, 1.165) is 0 Å². The molecule has 0 aliphatic carbocycles. The second-order valence-corrected chi connectivity index (χ2v) is 4.28. The van der Waals surface area contributed by atoms with Gasteiger partial charge < -0.3 is 11.1 Å². The highest BCUT2D eigenvalue weighted by molar-refractivity contribution is 6.06. The van der Waals surface area contributed by atoms with Gasteiger partial charge in [0.15, 0.2) is 0 Å². The van der Waals surface area contributed by atoms with Gasteiger partial charge in [-0.15, -0.1) is 0 Å². The largest absolute Gasteiger partial charge is 0.398 e. The number of non-ortho nitro benzene ring substituents is 1. The Hall–Kier alpha value is -2.89. The molecule has 0 heterocycles. The van der Waals surface area contributed by atoms with Crippen molar-refractivity contribution in [3.05, 3.63) is 63.7 Å². The summed E-state index contributed by atoms with van der Waals surface area (Å²) in [7, 11) is 0. The van der Waals surface area contributed by atoms with Gasteiger partial charge in [-0.25, -0.2) is 0 Å². The molecule has 0 fully saturated rings. The van der Waals surface area contributed by atoms with E-state index in [1.807, 2.05) is 0 Å². The van der Waals surface area contributed by atoms with Gasteiger partial charge in [-0.1, -0.05) is 6.07 Å². The highest BCUT2D eigenvalue weighted by Crippen LogP contribution is 2.19. The van der Waals surface area contributed by atoms with Gasteiger partial charge in [-0.2, -0.15) is 0 Å². The molecule has 0 aliphatic rings. The van der Waals surface area contributed by atoms with Gasteiger partial charge >= 0.3 is 0 Å². The lowest BCUT2D eigenvalue weighted by Crippen LogP contribution is -2.14. The number of hydrogen-bond acceptors (Lipinski definition) is 4. The molecule has 0 aromatic heterocycles. The van der Waals surface area contributed by atoms with Crippen molar-refractivity contribution in [2.45, 2.75) is 6.92 Å². The number of amides is 1. The number of hydrogen-bond donors (Lipinski definition) is 2.